The summed E-state index contributed by atoms with van der Waals surface area (Å²) in [7, 11) is 0. The van der Waals surface area contributed by atoms with E-state index in [1.54, 1.807) is 0 Å². The van der Waals surface area contributed by atoms with Crippen molar-refractivity contribution in [3.8, 4) is 50.5 Å². The Morgan fingerprint density at radius 2 is 1.00 bits per heavy atom. The van der Waals surface area contributed by atoms with E-state index in [9.17, 15) is 0 Å². The standard InChI is InChI=1S/C47H30N2O/c1-3-12-31(13-4-1)32-22-24-33(25-23-32)42-28-35(29-43(48-42)41-19-11-18-40-39-17-8-10-21-46(39)50-47(40)41)34-26-27-38-37-16-7-9-20-44(37)49(45(38)30-34)36-14-5-2-6-15-36/h1-30H. The topological polar surface area (TPSA) is 31.0 Å². The molecule has 0 saturated heterocycles. The summed E-state index contributed by atoms with van der Waals surface area (Å²) in [5, 5.41) is 4.67. The molecule has 0 aliphatic rings. The Kier molecular flexibility index (Phi) is 6.49. The second-order valence-electron chi connectivity index (χ2n) is 12.8. The molecule has 0 atom stereocenters. The van der Waals surface area contributed by atoms with Crippen molar-refractivity contribution in [1.29, 1.82) is 0 Å². The molecule has 10 rings (SSSR count). The van der Waals surface area contributed by atoms with Crippen molar-refractivity contribution in [2.75, 3.05) is 0 Å². The maximum absolute atomic E-state index is 6.51. The zero-order valence-electron chi connectivity index (χ0n) is 27.1. The van der Waals surface area contributed by atoms with Crippen molar-refractivity contribution in [3.63, 3.8) is 0 Å². The fraction of sp³-hybridized carbons (Fsp3) is 0. The summed E-state index contributed by atoms with van der Waals surface area (Å²) in [6.45, 7) is 0. The molecule has 10 aromatic rings. The van der Waals surface area contributed by atoms with E-state index in [1.807, 2.05) is 18.2 Å². The third-order valence-electron chi connectivity index (χ3n) is 9.81. The summed E-state index contributed by atoms with van der Waals surface area (Å²) >= 11 is 0. The first kappa shape index (κ1) is 28.3. The van der Waals surface area contributed by atoms with Crippen LogP contribution in [0.5, 0.6) is 0 Å². The van der Waals surface area contributed by atoms with Gasteiger partial charge in [-0.25, -0.2) is 4.98 Å². The molecular weight excluding hydrogens is 609 g/mol. The quantitative estimate of drug-likeness (QED) is 0.188. The predicted molar refractivity (Wildman–Crippen MR) is 208 cm³/mol. The second kappa shape index (κ2) is 11.5. The van der Waals surface area contributed by atoms with E-state index in [0.29, 0.717) is 0 Å². The third kappa shape index (κ3) is 4.63. The van der Waals surface area contributed by atoms with Gasteiger partial charge in [0.25, 0.3) is 0 Å². The number of aromatic nitrogens is 2. The van der Waals surface area contributed by atoms with E-state index in [1.165, 1.54) is 32.9 Å². The van der Waals surface area contributed by atoms with Crippen molar-refractivity contribution >= 4 is 43.7 Å². The molecule has 3 heteroatoms. The average Bonchev–Trinajstić information content (AvgIpc) is 3.74. The van der Waals surface area contributed by atoms with Gasteiger partial charge in [0.2, 0.25) is 0 Å². The Balaban J connectivity index is 1.20. The lowest BCUT2D eigenvalue weighted by molar-refractivity contribution is 0.670. The van der Waals surface area contributed by atoms with Gasteiger partial charge in [-0.1, -0.05) is 133 Å². The van der Waals surface area contributed by atoms with Crippen LogP contribution >= 0.6 is 0 Å². The second-order valence-corrected chi connectivity index (χ2v) is 12.8. The van der Waals surface area contributed by atoms with Gasteiger partial charge < -0.3 is 8.98 Å². The number of nitrogens with zero attached hydrogens (tertiary/aromatic N) is 2. The van der Waals surface area contributed by atoms with Crippen LogP contribution in [-0.2, 0) is 0 Å². The Bertz CT molecular complexity index is 2850. The van der Waals surface area contributed by atoms with Crippen LogP contribution in [-0.4, -0.2) is 9.55 Å². The molecule has 0 radical (unpaired) electrons. The van der Waals surface area contributed by atoms with Gasteiger partial charge in [0, 0.05) is 38.4 Å². The number of para-hydroxylation sites is 4. The monoisotopic (exact) mass is 638 g/mol. The molecule has 0 aliphatic heterocycles. The van der Waals surface area contributed by atoms with E-state index in [2.05, 4.69) is 168 Å². The first-order valence-electron chi connectivity index (χ1n) is 17.0. The molecule has 0 amide bonds. The van der Waals surface area contributed by atoms with E-state index in [4.69, 9.17) is 9.40 Å². The van der Waals surface area contributed by atoms with E-state index >= 15 is 0 Å². The maximum Gasteiger partial charge on any atom is 0.144 e. The molecule has 234 valence electrons. The Morgan fingerprint density at radius 1 is 0.380 bits per heavy atom. The van der Waals surface area contributed by atoms with E-state index in [0.717, 1.165) is 61.3 Å². The fourth-order valence-electron chi connectivity index (χ4n) is 7.40. The molecule has 50 heavy (non-hydrogen) atoms. The summed E-state index contributed by atoms with van der Waals surface area (Å²) in [4.78, 5) is 5.32. The number of hydrogen-bond acceptors (Lipinski definition) is 2. The highest BCUT2D eigenvalue weighted by Gasteiger charge is 2.17. The summed E-state index contributed by atoms with van der Waals surface area (Å²) in [6.07, 6.45) is 0. The predicted octanol–water partition coefficient (Wildman–Crippen LogP) is 12.7. The van der Waals surface area contributed by atoms with Crippen molar-refractivity contribution in [2.45, 2.75) is 0 Å². The molecule has 3 aromatic heterocycles. The van der Waals surface area contributed by atoms with E-state index < -0.39 is 0 Å². The Hall–Kier alpha value is -6.71. The van der Waals surface area contributed by atoms with Crippen LogP contribution in [0.4, 0.5) is 0 Å². The molecule has 3 nitrogen and oxygen atoms in total. The molecule has 0 N–H and O–H groups in total. The molecule has 0 spiro atoms. The van der Waals surface area contributed by atoms with Crippen LogP contribution in [0.2, 0.25) is 0 Å². The summed E-state index contributed by atoms with van der Waals surface area (Å²) in [5.74, 6) is 0. The normalized spacial score (nSPS) is 11.6. The molecule has 0 fully saturated rings. The van der Waals surface area contributed by atoms with Gasteiger partial charge in [0.05, 0.1) is 22.4 Å². The minimum atomic E-state index is 0.850. The van der Waals surface area contributed by atoms with Gasteiger partial charge in [0.1, 0.15) is 11.2 Å². The lowest BCUT2D eigenvalue weighted by atomic mass is 9.97. The number of pyridine rings is 1. The molecule has 0 saturated carbocycles. The number of fused-ring (bicyclic) bond motifs is 6. The van der Waals surface area contributed by atoms with Gasteiger partial charge in [-0.2, -0.15) is 0 Å². The number of rotatable bonds is 5. The van der Waals surface area contributed by atoms with E-state index in [-0.39, 0.29) is 0 Å². The van der Waals surface area contributed by atoms with Gasteiger partial charge in [-0.05, 0) is 70.8 Å². The SMILES string of the molecule is c1ccc(-c2ccc(-c3cc(-c4ccc5c6ccccc6n(-c6ccccc6)c5c4)cc(-c4cccc5c4oc4ccccc45)n3)cc2)cc1. The van der Waals surface area contributed by atoms with Crippen molar-refractivity contribution in [3.05, 3.63) is 182 Å². The van der Waals surface area contributed by atoms with Crippen molar-refractivity contribution < 1.29 is 4.42 Å². The average molecular weight is 639 g/mol. The van der Waals surface area contributed by atoms with Crippen LogP contribution < -0.4 is 0 Å². The molecule has 0 bridgehead atoms. The van der Waals surface area contributed by atoms with Crippen molar-refractivity contribution in [1.82, 2.24) is 9.55 Å². The molecule has 3 heterocycles. The highest BCUT2D eigenvalue weighted by atomic mass is 16.3. The van der Waals surface area contributed by atoms with Gasteiger partial charge >= 0.3 is 0 Å². The van der Waals surface area contributed by atoms with Crippen molar-refractivity contribution in [2.24, 2.45) is 0 Å². The van der Waals surface area contributed by atoms with Crippen LogP contribution in [0.15, 0.2) is 186 Å². The zero-order valence-corrected chi connectivity index (χ0v) is 27.1. The maximum atomic E-state index is 6.51. The van der Waals surface area contributed by atoms with Crippen LogP contribution in [0.25, 0.3) is 94.2 Å². The van der Waals surface area contributed by atoms with Gasteiger partial charge in [0.15, 0.2) is 0 Å². The first-order chi connectivity index (χ1) is 24.8. The van der Waals surface area contributed by atoms with Gasteiger partial charge in [-0.3, -0.25) is 0 Å². The lowest BCUT2D eigenvalue weighted by Gasteiger charge is -2.12. The summed E-state index contributed by atoms with van der Waals surface area (Å²) in [6, 6.07) is 64.3. The smallest absolute Gasteiger partial charge is 0.144 e. The Labute approximate surface area is 289 Å². The minimum absolute atomic E-state index is 0.850. The highest BCUT2D eigenvalue weighted by Crippen LogP contribution is 2.40. The highest BCUT2D eigenvalue weighted by molar-refractivity contribution is 6.11. The molecule has 0 aliphatic carbocycles. The fourth-order valence-corrected chi connectivity index (χ4v) is 7.40. The third-order valence-corrected chi connectivity index (χ3v) is 9.81. The largest absolute Gasteiger partial charge is 0.455 e. The van der Waals surface area contributed by atoms with Crippen LogP contribution in [0.1, 0.15) is 0 Å². The van der Waals surface area contributed by atoms with Crippen LogP contribution in [0, 0.1) is 0 Å². The van der Waals surface area contributed by atoms with Gasteiger partial charge in [-0.15, -0.1) is 0 Å². The number of hydrogen-bond donors (Lipinski definition) is 0. The number of furan rings is 1. The summed E-state index contributed by atoms with van der Waals surface area (Å²) < 4.78 is 8.88. The minimum Gasteiger partial charge on any atom is -0.455 e. The Morgan fingerprint density at radius 3 is 1.84 bits per heavy atom. The molecule has 7 aromatic carbocycles. The first-order valence-corrected chi connectivity index (χ1v) is 17.0. The molecular formula is C47H30N2O. The molecule has 0 unspecified atom stereocenters. The summed E-state index contributed by atoms with van der Waals surface area (Å²) in [5.41, 5.74) is 13.6. The van der Waals surface area contributed by atoms with Crippen LogP contribution in [0.3, 0.4) is 0 Å². The zero-order chi connectivity index (χ0) is 33.0. The lowest BCUT2D eigenvalue weighted by Crippen LogP contribution is -1.94. The number of benzene rings is 7.